The van der Waals surface area contributed by atoms with Gasteiger partial charge in [0.05, 0.1) is 55.8 Å². The molecule has 1 aromatic heterocycles. The van der Waals surface area contributed by atoms with Crippen LogP contribution >= 0.6 is 11.6 Å². The Labute approximate surface area is 342 Å². The number of aromatic amines is 1. The first-order valence-corrected chi connectivity index (χ1v) is 22.3. The molecule has 2 amide bonds. The molecule has 6 rings (SSSR count). The van der Waals surface area contributed by atoms with E-state index in [-0.39, 0.29) is 47.4 Å². The number of amides is 2. The molecule has 1 unspecified atom stereocenters. The standard InChI is InChI=1S/C42H49ClN4O10Si/c1-42(2,3)58(7,8)57-17-11-16-55-34-20-28(47(50)51)15-14-25(34)24-56-41(49)45-31-21-33-36(30-13-10-9-12-29(30)31)27(22-43)23-46(33)40(48)32-18-26-19-35(52-4)38(53-5)39(54-6)37(26)44-32/h9-10,12-15,18-21,27,44H,11,16-17,22-24H2,1-8H3,(H,45,49). The number of methoxy groups -OCH3 is 3. The van der Waals surface area contributed by atoms with E-state index in [0.717, 1.165) is 16.3 Å². The van der Waals surface area contributed by atoms with Gasteiger partial charge in [-0.25, -0.2) is 4.79 Å². The van der Waals surface area contributed by atoms with E-state index in [2.05, 4.69) is 44.2 Å². The molecule has 0 saturated carbocycles. The number of nitrogens with one attached hydrogen (secondary N) is 2. The van der Waals surface area contributed by atoms with Crippen molar-refractivity contribution >= 4 is 70.7 Å². The highest BCUT2D eigenvalue weighted by Crippen LogP contribution is 2.47. The lowest BCUT2D eigenvalue weighted by Gasteiger charge is -2.36. The number of nitrogens with zero attached hydrogens (tertiary/aromatic N) is 2. The van der Waals surface area contributed by atoms with Crippen molar-refractivity contribution in [3.05, 3.63) is 87.6 Å². The molecule has 5 aromatic rings. The molecule has 4 aromatic carbocycles. The number of H-pyrrole nitrogens is 1. The van der Waals surface area contributed by atoms with Crippen molar-refractivity contribution in [1.82, 2.24) is 4.98 Å². The highest BCUT2D eigenvalue weighted by molar-refractivity contribution is 6.74. The van der Waals surface area contributed by atoms with Crippen molar-refractivity contribution in [1.29, 1.82) is 0 Å². The van der Waals surface area contributed by atoms with Crippen molar-refractivity contribution < 1.29 is 42.6 Å². The molecule has 0 spiro atoms. The Morgan fingerprint density at radius 1 is 0.966 bits per heavy atom. The van der Waals surface area contributed by atoms with Gasteiger partial charge in [-0.3, -0.25) is 20.2 Å². The second-order valence-corrected chi connectivity index (χ2v) is 20.6. The van der Waals surface area contributed by atoms with E-state index < -0.39 is 19.3 Å². The van der Waals surface area contributed by atoms with Gasteiger partial charge in [-0.1, -0.05) is 45.0 Å². The molecule has 58 heavy (non-hydrogen) atoms. The number of rotatable bonds is 15. The minimum absolute atomic E-state index is 0.0621. The number of ether oxygens (including phenoxy) is 5. The summed E-state index contributed by atoms with van der Waals surface area (Å²) in [5.74, 6) is 1.23. The third-order valence-electron chi connectivity index (χ3n) is 10.9. The third kappa shape index (κ3) is 8.38. The summed E-state index contributed by atoms with van der Waals surface area (Å²) < 4.78 is 34.6. The Kier molecular flexibility index (Phi) is 12.4. The molecule has 2 heterocycles. The Balaban J connectivity index is 1.23. The number of carbonyl (C=O) groups is 2. The lowest BCUT2D eigenvalue weighted by molar-refractivity contribution is -0.385. The molecule has 16 heteroatoms. The molecule has 0 saturated heterocycles. The number of fused-ring (bicyclic) bond motifs is 4. The van der Waals surface area contributed by atoms with Gasteiger partial charge < -0.3 is 38.0 Å². The first kappa shape index (κ1) is 42.1. The quantitative estimate of drug-likeness (QED) is 0.0341. The summed E-state index contributed by atoms with van der Waals surface area (Å²) in [6, 6.07) is 17.0. The number of hydrogen-bond donors (Lipinski definition) is 2. The minimum Gasteiger partial charge on any atom is -0.493 e. The molecular formula is C42H49ClN4O10Si. The molecule has 1 aliphatic rings. The number of benzene rings is 4. The van der Waals surface area contributed by atoms with Gasteiger partial charge in [-0.05, 0) is 53.3 Å². The van der Waals surface area contributed by atoms with Crippen LogP contribution in [-0.2, 0) is 15.8 Å². The van der Waals surface area contributed by atoms with Crippen LogP contribution in [0, 0.1) is 10.1 Å². The second kappa shape index (κ2) is 17.1. The fraction of sp³-hybridized carbons (Fsp3) is 0.381. The molecular weight excluding hydrogens is 784 g/mol. The van der Waals surface area contributed by atoms with Crippen molar-refractivity contribution in [3.8, 4) is 23.0 Å². The van der Waals surface area contributed by atoms with Gasteiger partial charge in [0, 0.05) is 53.8 Å². The summed E-state index contributed by atoms with van der Waals surface area (Å²) in [5, 5.41) is 16.8. The number of carbonyl (C=O) groups excluding carboxylic acids is 2. The van der Waals surface area contributed by atoms with Gasteiger partial charge in [-0.2, -0.15) is 0 Å². The SMILES string of the molecule is COc1cc2cc(C(=O)N3CC(CCl)c4c3cc(NC(=O)OCc3ccc([N+](=O)[O-])cc3OCCCO[Si](C)(C)C(C)(C)C)c3ccccc43)[nH]c2c(OC)c1OC. The highest BCUT2D eigenvalue weighted by Gasteiger charge is 2.37. The van der Waals surface area contributed by atoms with Gasteiger partial charge >= 0.3 is 6.09 Å². The average molecular weight is 833 g/mol. The summed E-state index contributed by atoms with van der Waals surface area (Å²) in [7, 11) is 2.60. The van der Waals surface area contributed by atoms with Crippen LogP contribution in [0.15, 0.2) is 60.7 Å². The molecule has 14 nitrogen and oxygen atoms in total. The van der Waals surface area contributed by atoms with E-state index in [1.807, 2.05) is 24.3 Å². The Morgan fingerprint density at radius 3 is 2.34 bits per heavy atom. The van der Waals surface area contributed by atoms with Crippen LogP contribution < -0.4 is 29.2 Å². The Morgan fingerprint density at radius 2 is 1.69 bits per heavy atom. The first-order chi connectivity index (χ1) is 27.6. The number of nitro groups is 1. The summed E-state index contributed by atoms with van der Waals surface area (Å²) >= 11 is 6.54. The maximum atomic E-state index is 14.3. The maximum Gasteiger partial charge on any atom is 0.411 e. The summed E-state index contributed by atoms with van der Waals surface area (Å²) in [6.07, 6.45) is -0.198. The monoisotopic (exact) mass is 832 g/mol. The summed E-state index contributed by atoms with van der Waals surface area (Å²) in [6.45, 7) is 11.7. The lowest BCUT2D eigenvalue weighted by atomic mass is 9.95. The number of anilines is 2. The van der Waals surface area contributed by atoms with Crippen LogP contribution in [0.1, 0.15) is 54.7 Å². The zero-order valence-electron chi connectivity index (χ0n) is 33.9. The Hall–Kier alpha value is -5.51. The van der Waals surface area contributed by atoms with Crippen molar-refractivity contribution in [2.75, 3.05) is 57.2 Å². The molecule has 1 aliphatic heterocycles. The van der Waals surface area contributed by atoms with Gasteiger partial charge in [0.2, 0.25) is 5.75 Å². The van der Waals surface area contributed by atoms with Crippen LogP contribution in [0.3, 0.4) is 0 Å². The van der Waals surface area contributed by atoms with Crippen LogP contribution in [-0.4, -0.2) is 77.2 Å². The largest absolute Gasteiger partial charge is 0.493 e. The number of hydrogen-bond acceptors (Lipinski definition) is 10. The van der Waals surface area contributed by atoms with Gasteiger partial charge in [0.1, 0.15) is 18.1 Å². The molecule has 2 N–H and O–H groups in total. The second-order valence-electron chi connectivity index (χ2n) is 15.5. The summed E-state index contributed by atoms with van der Waals surface area (Å²) in [4.78, 5) is 43.8. The molecule has 0 bridgehead atoms. The number of alkyl halides is 1. The maximum absolute atomic E-state index is 14.3. The fourth-order valence-electron chi connectivity index (χ4n) is 6.86. The van der Waals surface area contributed by atoms with Crippen LogP contribution in [0.2, 0.25) is 18.1 Å². The van der Waals surface area contributed by atoms with Gasteiger partial charge in [0.25, 0.3) is 11.6 Å². The highest BCUT2D eigenvalue weighted by atomic mass is 35.5. The average Bonchev–Trinajstić information content (AvgIpc) is 3.80. The first-order valence-electron chi connectivity index (χ1n) is 18.8. The van der Waals surface area contributed by atoms with Crippen LogP contribution in [0.5, 0.6) is 23.0 Å². The van der Waals surface area contributed by atoms with E-state index in [0.29, 0.717) is 70.4 Å². The Bertz CT molecular complexity index is 2360. The lowest BCUT2D eigenvalue weighted by Crippen LogP contribution is -2.41. The number of halogens is 1. The molecule has 0 radical (unpaired) electrons. The molecule has 308 valence electrons. The van der Waals surface area contributed by atoms with Crippen LogP contribution in [0.4, 0.5) is 21.9 Å². The van der Waals surface area contributed by atoms with E-state index >= 15 is 0 Å². The van der Waals surface area contributed by atoms with Crippen molar-refractivity contribution in [2.24, 2.45) is 0 Å². The number of nitro benzene ring substituents is 1. The predicted octanol–water partition coefficient (Wildman–Crippen LogP) is 9.78. The summed E-state index contributed by atoms with van der Waals surface area (Å²) in [5.41, 5.74) is 3.07. The van der Waals surface area contributed by atoms with Crippen molar-refractivity contribution in [3.63, 3.8) is 0 Å². The third-order valence-corrected chi connectivity index (χ3v) is 15.8. The van der Waals surface area contributed by atoms with E-state index in [9.17, 15) is 19.7 Å². The molecule has 1 atom stereocenters. The zero-order chi connectivity index (χ0) is 41.9. The topological polar surface area (TPSA) is 164 Å². The van der Waals surface area contributed by atoms with Gasteiger partial charge in [-0.15, -0.1) is 11.6 Å². The zero-order valence-corrected chi connectivity index (χ0v) is 35.7. The van der Waals surface area contributed by atoms with Gasteiger partial charge in [0.15, 0.2) is 19.8 Å². The van der Waals surface area contributed by atoms with E-state index in [4.69, 9.17) is 39.7 Å². The van der Waals surface area contributed by atoms with E-state index in [1.54, 1.807) is 23.1 Å². The smallest absolute Gasteiger partial charge is 0.411 e. The predicted molar refractivity (Wildman–Crippen MR) is 227 cm³/mol. The minimum atomic E-state index is -1.94. The fourth-order valence-corrected chi connectivity index (χ4v) is 8.20. The molecule has 0 fully saturated rings. The molecule has 0 aliphatic carbocycles. The van der Waals surface area contributed by atoms with E-state index in [1.165, 1.54) is 39.5 Å². The van der Waals surface area contributed by atoms with Crippen molar-refractivity contribution in [2.45, 2.75) is 57.8 Å². The number of aromatic nitrogens is 1. The normalized spacial score (nSPS) is 14.0. The van der Waals surface area contributed by atoms with Crippen LogP contribution in [0.25, 0.3) is 21.7 Å². The number of non-ortho nitro benzene ring substituents is 1.